The number of carbonyl (C=O) groups excluding carboxylic acids is 2. The Morgan fingerprint density at radius 2 is 2.04 bits per heavy atom. The van der Waals surface area contributed by atoms with Gasteiger partial charge in [0.25, 0.3) is 0 Å². The van der Waals surface area contributed by atoms with E-state index in [-0.39, 0.29) is 6.09 Å². The predicted molar refractivity (Wildman–Crippen MR) is 90.8 cm³/mol. The van der Waals surface area contributed by atoms with Gasteiger partial charge in [-0.1, -0.05) is 0 Å². The van der Waals surface area contributed by atoms with Crippen LogP contribution in [0.15, 0.2) is 30.5 Å². The number of aldehydes is 1. The van der Waals surface area contributed by atoms with Crippen LogP contribution >= 0.6 is 0 Å². The molecule has 0 aliphatic heterocycles. The first-order chi connectivity index (χ1) is 10.9. The number of aromatic nitrogens is 1. The zero-order valence-corrected chi connectivity index (χ0v) is 14.0. The second-order valence-corrected chi connectivity index (χ2v) is 6.58. The Morgan fingerprint density at radius 1 is 1.26 bits per heavy atom. The Hall–Kier alpha value is -2.30. The third-order valence-electron chi connectivity index (χ3n) is 3.43. The quantitative estimate of drug-likeness (QED) is 0.652. The van der Waals surface area contributed by atoms with Gasteiger partial charge in [-0.2, -0.15) is 0 Å². The molecule has 5 nitrogen and oxygen atoms in total. The Bertz CT molecular complexity index is 683. The van der Waals surface area contributed by atoms with E-state index in [0.29, 0.717) is 12.1 Å². The Labute approximate surface area is 136 Å². The minimum Gasteiger partial charge on any atom is -0.444 e. The lowest BCUT2D eigenvalue weighted by Crippen LogP contribution is -2.33. The molecule has 0 saturated carbocycles. The highest BCUT2D eigenvalue weighted by atomic mass is 16.6. The van der Waals surface area contributed by atoms with Gasteiger partial charge >= 0.3 is 6.09 Å². The summed E-state index contributed by atoms with van der Waals surface area (Å²) in [6, 6.07) is 7.71. The van der Waals surface area contributed by atoms with Crippen LogP contribution < -0.4 is 5.32 Å². The largest absolute Gasteiger partial charge is 0.444 e. The maximum absolute atomic E-state index is 11.5. The summed E-state index contributed by atoms with van der Waals surface area (Å²) >= 11 is 0. The molecule has 2 aromatic rings. The average Bonchev–Trinajstić information content (AvgIpc) is 2.87. The minimum atomic E-state index is -0.464. The van der Waals surface area contributed by atoms with Gasteiger partial charge in [-0.15, -0.1) is 0 Å². The summed E-state index contributed by atoms with van der Waals surface area (Å²) in [6.45, 7) is 7.02. The van der Waals surface area contributed by atoms with E-state index in [0.717, 1.165) is 36.6 Å². The first-order valence-corrected chi connectivity index (χ1v) is 7.90. The smallest absolute Gasteiger partial charge is 0.407 e. The van der Waals surface area contributed by atoms with Crippen LogP contribution in [-0.4, -0.2) is 29.1 Å². The average molecular weight is 316 g/mol. The van der Waals surface area contributed by atoms with Crippen LogP contribution in [0.3, 0.4) is 0 Å². The number of rotatable bonds is 6. The third-order valence-corrected chi connectivity index (χ3v) is 3.43. The van der Waals surface area contributed by atoms with Crippen molar-refractivity contribution in [3.63, 3.8) is 0 Å². The lowest BCUT2D eigenvalue weighted by atomic mass is 10.2. The summed E-state index contributed by atoms with van der Waals surface area (Å²) in [5.74, 6) is 0. The monoisotopic (exact) mass is 316 g/mol. The molecule has 23 heavy (non-hydrogen) atoms. The molecule has 0 unspecified atom stereocenters. The van der Waals surface area contributed by atoms with E-state index in [1.54, 1.807) is 0 Å². The van der Waals surface area contributed by atoms with Gasteiger partial charge < -0.3 is 14.6 Å². The van der Waals surface area contributed by atoms with Crippen molar-refractivity contribution in [2.45, 2.75) is 45.8 Å². The molecular formula is C18H24N2O3. The Morgan fingerprint density at radius 3 is 2.74 bits per heavy atom. The van der Waals surface area contributed by atoms with Crippen molar-refractivity contribution in [3.8, 4) is 0 Å². The van der Waals surface area contributed by atoms with Crippen molar-refractivity contribution in [1.29, 1.82) is 0 Å². The first-order valence-electron chi connectivity index (χ1n) is 7.90. The molecule has 0 atom stereocenters. The van der Waals surface area contributed by atoms with E-state index in [1.165, 1.54) is 0 Å². The zero-order chi connectivity index (χ0) is 16.9. The topological polar surface area (TPSA) is 60.3 Å². The van der Waals surface area contributed by atoms with E-state index in [4.69, 9.17) is 4.74 Å². The lowest BCUT2D eigenvalue weighted by Gasteiger charge is -2.19. The molecule has 1 aromatic heterocycles. The van der Waals surface area contributed by atoms with Gasteiger partial charge in [-0.05, 0) is 57.9 Å². The highest BCUT2D eigenvalue weighted by molar-refractivity contribution is 5.87. The van der Waals surface area contributed by atoms with Gasteiger partial charge in [0.15, 0.2) is 0 Å². The maximum atomic E-state index is 11.5. The van der Waals surface area contributed by atoms with Gasteiger partial charge in [0.05, 0.1) is 0 Å². The van der Waals surface area contributed by atoms with Crippen molar-refractivity contribution < 1.29 is 14.3 Å². The van der Waals surface area contributed by atoms with Crippen molar-refractivity contribution in [1.82, 2.24) is 9.88 Å². The molecule has 2 rings (SSSR count). The number of unbranched alkanes of at least 4 members (excludes halogenated alkanes) is 1. The highest BCUT2D eigenvalue weighted by Crippen LogP contribution is 2.17. The fraction of sp³-hybridized carbons (Fsp3) is 0.444. The summed E-state index contributed by atoms with van der Waals surface area (Å²) in [6.07, 6.45) is 4.35. The molecule has 5 heteroatoms. The summed E-state index contributed by atoms with van der Waals surface area (Å²) in [5.41, 5.74) is 1.35. The van der Waals surface area contributed by atoms with E-state index >= 15 is 0 Å². The number of hydrogen-bond donors (Lipinski definition) is 1. The van der Waals surface area contributed by atoms with Gasteiger partial charge in [0.1, 0.15) is 11.9 Å². The number of aryl methyl sites for hydroxylation is 1. The van der Waals surface area contributed by atoms with E-state index in [9.17, 15) is 9.59 Å². The fourth-order valence-electron chi connectivity index (χ4n) is 2.40. The van der Waals surface area contributed by atoms with Crippen LogP contribution in [0.2, 0.25) is 0 Å². The maximum Gasteiger partial charge on any atom is 0.407 e. The van der Waals surface area contributed by atoms with E-state index in [1.807, 2.05) is 51.2 Å². The van der Waals surface area contributed by atoms with Crippen molar-refractivity contribution in [3.05, 3.63) is 36.0 Å². The number of nitrogens with one attached hydrogen (secondary N) is 1. The lowest BCUT2D eigenvalue weighted by molar-refractivity contribution is 0.0527. The number of carbonyl (C=O) groups is 2. The molecule has 124 valence electrons. The standard InChI is InChI=1S/C18H24N2O3/c1-18(2,3)23-17(22)19-9-4-5-10-20-11-8-15-12-14(13-21)6-7-16(15)20/h6-8,11-13H,4-5,9-10H2,1-3H3,(H,19,22). The zero-order valence-electron chi connectivity index (χ0n) is 14.0. The molecule has 0 bridgehead atoms. The highest BCUT2D eigenvalue weighted by Gasteiger charge is 2.15. The summed E-state index contributed by atoms with van der Waals surface area (Å²) in [4.78, 5) is 22.3. The molecule has 0 aliphatic carbocycles. The minimum absolute atomic E-state index is 0.370. The van der Waals surface area contributed by atoms with E-state index in [2.05, 4.69) is 9.88 Å². The number of nitrogens with zero attached hydrogens (tertiary/aromatic N) is 1. The predicted octanol–water partition coefficient (Wildman–Crippen LogP) is 3.76. The molecule has 0 radical (unpaired) electrons. The van der Waals surface area contributed by atoms with Gasteiger partial charge in [0.2, 0.25) is 0 Å². The summed E-state index contributed by atoms with van der Waals surface area (Å²) in [5, 5.41) is 3.83. The molecule has 1 heterocycles. The number of alkyl carbamates (subject to hydrolysis) is 1. The van der Waals surface area contributed by atoms with Gasteiger partial charge in [-0.3, -0.25) is 4.79 Å². The number of ether oxygens (including phenoxy) is 1. The van der Waals surface area contributed by atoms with Crippen LogP contribution in [0.1, 0.15) is 44.0 Å². The van der Waals surface area contributed by atoms with Crippen LogP contribution in [0.25, 0.3) is 10.9 Å². The van der Waals surface area contributed by atoms with E-state index < -0.39 is 5.60 Å². The van der Waals surface area contributed by atoms with Crippen LogP contribution in [0.5, 0.6) is 0 Å². The molecular weight excluding hydrogens is 292 g/mol. The van der Waals surface area contributed by atoms with Crippen molar-refractivity contribution >= 4 is 23.3 Å². The molecule has 0 fully saturated rings. The van der Waals surface area contributed by atoms with Gasteiger partial charge in [-0.25, -0.2) is 4.79 Å². The number of amides is 1. The summed E-state index contributed by atoms with van der Waals surface area (Å²) in [7, 11) is 0. The molecule has 0 spiro atoms. The molecule has 0 aliphatic rings. The second-order valence-electron chi connectivity index (χ2n) is 6.58. The van der Waals surface area contributed by atoms with Crippen molar-refractivity contribution in [2.75, 3.05) is 6.54 Å². The second kappa shape index (κ2) is 7.31. The van der Waals surface area contributed by atoms with Crippen molar-refractivity contribution in [2.24, 2.45) is 0 Å². The number of benzene rings is 1. The summed E-state index contributed by atoms with van der Waals surface area (Å²) < 4.78 is 7.35. The first kappa shape index (κ1) is 17.1. The fourth-order valence-corrected chi connectivity index (χ4v) is 2.40. The van der Waals surface area contributed by atoms with Gasteiger partial charge in [0, 0.05) is 35.8 Å². The SMILES string of the molecule is CC(C)(C)OC(=O)NCCCCn1ccc2cc(C=O)ccc21. The molecule has 1 amide bonds. The van der Waals surface area contributed by atoms with Crippen LogP contribution in [0, 0.1) is 0 Å². The Balaban J connectivity index is 1.77. The van der Waals surface area contributed by atoms with Crippen LogP contribution in [-0.2, 0) is 11.3 Å². The normalized spacial score (nSPS) is 11.4. The number of hydrogen-bond acceptors (Lipinski definition) is 3. The van der Waals surface area contributed by atoms with Crippen LogP contribution in [0.4, 0.5) is 4.79 Å². The molecule has 1 aromatic carbocycles. The Kier molecular flexibility index (Phi) is 5.42. The molecule has 1 N–H and O–H groups in total. The third kappa shape index (κ3) is 5.13. The molecule has 0 saturated heterocycles. The number of fused-ring (bicyclic) bond motifs is 1.